The molecule has 4 rings (SSSR count). The monoisotopic (exact) mass is 254 g/mol. The molecule has 0 amide bonds. The first-order valence-corrected chi connectivity index (χ1v) is 5.30. The maximum Gasteiger partial charge on any atom is 0.205 e. The van der Waals surface area contributed by atoms with Gasteiger partial charge in [0.25, 0.3) is 0 Å². The molecule has 4 heterocycles. The topological polar surface area (TPSA) is 126 Å². The number of nitrogens with two attached hydrogens (primary N) is 1. The highest BCUT2D eigenvalue weighted by molar-refractivity contribution is 5.81. The molecule has 0 aliphatic heterocycles. The molecule has 0 atom stereocenters. The Kier molecular flexibility index (Phi) is 1.76. The van der Waals surface area contributed by atoms with Gasteiger partial charge in [-0.3, -0.25) is 0 Å². The second-order valence-electron chi connectivity index (χ2n) is 3.75. The van der Waals surface area contributed by atoms with E-state index in [1.807, 2.05) is 0 Å². The van der Waals surface area contributed by atoms with Crippen molar-refractivity contribution in [2.45, 2.75) is 0 Å². The number of rotatable bonds is 1. The maximum absolute atomic E-state index is 5.75. The molecule has 0 spiro atoms. The van der Waals surface area contributed by atoms with Gasteiger partial charge in [-0.05, 0) is 5.21 Å². The first kappa shape index (κ1) is 9.82. The third-order valence-corrected chi connectivity index (χ3v) is 2.70. The van der Waals surface area contributed by atoms with Crippen LogP contribution in [0.1, 0.15) is 0 Å². The van der Waals surface area contributed by atoms with Crippen molar-refractivity contribution in [3.05, 3.63) is 25.2 Å². The summed E-state index contributed by atoms with van der Waals surface area (Å²) in [7, 11) is 0. The van der Waals surface area contributed by atoms with Crippen LogP contribution < -0.4 is 5.73 Å². The number of anilines is 1. The highest BCUT2D eigenvalue weighted by atomic mass is 15.5. The summed E-state index contributed by atoms with van der Waals surface area (Å²) >= 11 is 0. The number of nitrogen functional groups attached to an aromatic ring is 1. The number of hydrogen-bond donors (Lipinski definition) is 1. The van der Waals surface area contributed by atoms with Crippen LogP contribution in [-0.4, -0.2) is 44.7 Å². The van der Waals surface area contributed by atoms with Gasteiger partial charge >= 0.3 is 0 Å². The van der Waals surface area contributed by atoms with Crippen molar-refractivity contribution in [3.63, 3.8) is 0 Å². The summed E-state index contributed by atoms with van der Waals surface area (Å²) in [4.78, 5) is 16.4. The summed E-state index contributed by atoms with van der Waals surface area (Å²) in [6.07, 6.45) is 6.06. The molecule has 0 bridgehead atoms. The normalized spacial score (nSPS) is 11.4. The molecule has 0 radical (unpaired) electrons. The van der Waals surface area contributed by atoms with Crippen LogP contribution in [0.3, 0.4) is 0 Å². The number of nitrogens with zero attached hydrogens (tertiary/aromatic N) is 9. The fourth-order valence-corrected chi connectivity index (χ4v) is 1.84. The molecule has 2 N–H and O–H groups in total. The third-order valence-electron chi connectivity index (χ3n) is 2.70. The molecule has 19 heavy (non-hydrogen) atoms. The van der Waals surface area contributed by atoms with Gasteiger partial charge in [-0.25, -0.2) is 29.3 Å². The minimum atomic E-state index is 0.320. The lowest BCUT2D eigenvalue weighted by atomic mass is 10.5. The van der Waals surface area contributed by atoms with Gasteiger partial charge in [-0.2, -0.15) is 0 Å². The van der Waals surface area contributed by atoms with Crippen LogP contribution in [0.2, 0.25) is 0 Å². The lowest BCUT2D eigenvalue weighted by molar-refractivity contribution is 0.679. The van der Waals surface area contributed by atoms with E-state index in [0.717, 1.165) is 0 Å². The van der Waals surface area contributed by atoms with Crippen molar-refractivity contribution in [1.29, 1.82) is 0 Å². The third kappa shape index (κ3) is 1.27. The van der Waals surface area contributed by atoms with Gasteiger partial charge in [0.2, 0.25) is 5.65 Å². The zero-order chi connectivity index (χ0) is 12.8. The summed E-state index contributed by atoms with van der Waals surface area (Å²) < 4.78 is 3.32. The smallest absolute Gasteiger partial charge is 0.205 e. The molecule has 0 fully saturated rings. The van der Waals surface area contributed by atoms with E-state index in [2.05, 4.69) is 35.3 Å². The zero-order valence-corrected chi connectivity index (χ0v) is 9.41. The Labute approximate surface area is 104 Å². The lowest BCUT2D eigenvalue weighted by Gasteiger charge is -2.03. The summed E-state index contributed by atoms with van der Waals surface area (Å²) in [5.74, 6) is 0.320. The van der Waals surface area contributed by atoms with E-state index in [1.54, 1.807) is 22.0 Å². The standard InChI is InChI=1S/C9H6N10/c10-7-6-9(12-2-11-7)19(4-14-6)18-3-13-5-1-15-17-16-8(5)18/h1-4H,(H2,10,11,12). The fourth-order valence-electron chi connectivity index (χ4n) is 1.84. The summed E-state index contributed by atoms with van der Waals surface area (Å²) in [5.41, 5.74) is 8.00. The molecule has 0 aliphatic carbocycles. The first-order valence-electron chi connectivity index (χ1n) is 5.30. The van der Waals surface area contributed by atoms with Gasteiger partial charge in [0, 0.05) is 0 Å². The van der Waals surface area contributed by atoms with Crippen LogP contribution in [0.25, 0.3) is 22.3 Å². The Bertz CT molecular complexity index is 890. The maximum atomic E-state index is 5.75. The molecular weight excluding hydrogens is 248 g/mol. The summed E-state index contributed by atoms with van der Waals surface area (Å²) in [6.45, 7) is 0. The lowest BCUT2D eigenvalue weighted by Crippen LogP contribution is -2.08. The first-order chi connectivity index (χ1) is 9.34. The number of aromatic nitrogens is 9. The largest absolute Gasteiger partial charge is 0.382 e. The molecule has 92 valence electrons. The van der Waals surface area contributed by atoms with E-state index in [-0.39, 0.29) is 0 Å². The van der Waals surface area contributed by atoms with Crippen LogP contribution >= 0.6 is 0 Å². The van der Waals surface area contributed by atoms with Crippen LogP contribution in [0, 0.1) is 0 Å². The Morgan fingerprint density at radius 1 is 0.947 bits per heavy atom. The second kappa shape index (κ2) is 3.41. The average molecular weight is 254 g/mol. The number of fused-ring (bicyclic) bond motifs is 2. The number of imidazole rings is 2. The predicted molar refractivity (Wildman–Crippen MR) is 63.6 cm³/mol. The van der Waals surface area contributed by atoms with Gasteiger partial charge in [0.05, 0.1) is 6.20 Å². The molecule has 0 saturated carbocycles. The van der Waals surface area contributed by atoms with Crippen molar-refractivity contribution in [2.24, 2.45) is 0 Å². The minimum Gasteiger partial charge on any atom is -0.382 e. The van der Waals surface area contributed by atoms with E-state index < -0.39 is 0 Å². The van der Waals surface area contributed by atoms with Crippen molar-refractivity contribution >= 4 is 28.1 Å². The number of hydrogen-bond acceptors (Lipinski definition) is 8. The molecule has 4 aromatic rings. The van der Waals surface area contributed by atoms with E-state index >= 15 is 0 Å². The SMILES string of the molecule is Nc1ncnc2c1ncn2-n1cnc2cnnnc21. The van der Waals surface area contributed by atoms with E-state index in [4.69, 9.17) is 5.73 Å². The van der Waals surface area contributed by atoms with E-state index in [0.29, 0.717) is 28.1 Å². The van der Waals surface area contributed by atoms with Crippen LogP contribution in [0.5, 0.6) is 0 Å². The molecule has 0 aliphatic rings. The van der Waals surface area contributed by atoms with Gasteiger partial charge in [-0.15, -0.1) is 10.2 Å². The van der Waals surface area contributed by atoms with Gasteiger partial charge in [-0.1, -0.05) is 0 Å². The van der Waals surface area contributed by atoms with Crippen molar-refractivity contribution in [2.75, 3.05) is 5.73 Å². The highest BCUT2D eigenvalue weighted by Crippen LogP contribution is 2.16. The molecule has 10 heteroatoms. The Morgan fingerprint density at radius 3 is 2.74 bits per heavy atom. The molecule has 0 aromatic carbocycles. The average Bonchev–Trinajstić information content (AvgIpc) is 3.02. The minimum absolute atomic E-state index is 0.320. The summed E-state index contributed by atoms with van der Waals surface area (Å²) in [6, 6.07) is 0. The van der Waals surface area contributed by atoms with Gasteiger partial charge < -0.3 is 5.73 Å². The molecule has 4 aromatic heterocycles. The van der Waals surface area contributed by atoms with E-state index in [9.17, 15) is 0 Å². The predicted octanol–water partition coefficient (Wildman–Crippen LogP) is -0.745. The zero-order valence-electron chi connectivity index (χ0n) is 9.41. The second-order valence-corrected chi connectivity index (χ2v) is 3.75. The van der Waals surface area contributed by atoms with Gasteiger partial charge in [0.1, 0.15) is 24.5 Å². The summed E-state index contributed by atoms with van der Waals surface area (Å²) in [5, 5.41) is 11.2. The van der Waals surface area contributed by atoms with Crippen LogP contribution in [0.4, 0.5) is 5.82 Å². The molecule has 0 saturated heterocycles. The van der Waals surface area contributed by atoms with Crippen molar-refractivity contribution < 1.29 is 0 Å². The Balaban J connectivity index is 2.07. The quantitative estimate of drug-likeness (QED) is 0.470. The van der Waals surface area contributed by atoms with Gasteiger partial charge in [0.15, 0.2) is 17.0 Å². The van der Waals surface area contributed by atoms with Crippen molar-refractivity contribution in [1.82, 2.24) is 44.7 Å². The van der Waals surface area contributed by atoms with Crippen molar-refractivity contribution in [3.8, 4) is 0 Å². The Morgan fingerprint density at radius 2 is 1.79 bits per heavy atom. The fraction of sp³-hybridized carbons (Fsp3) is 0. The van der Waals surface area contributed by atoms with Crippen LogP contribution in [-0.2, 0) is 0 Å². The molecule has 10 nitrogen and oxygen atoms in total. The molecular formula is C9H6N10. The molecule has 0 unspecified atom stereocenters. The van der Waals surface area contributed by atoms with E-state index in [1.165, 1.54) is 12.5 Å². The van der Waals surface area contributed by atoms with Crippen LogP contribution in [0.15, 0.2) is 25.2 Å². The highest BCUT2D eigenvalue weighted by Gasteiger charge is 2.12. The Hall–Kier alpha value is -3.17.